The van der Waals surface area contributed by atoms with Crippen LogP contribution in [0.5, 0.6) is 0 Å². The molecule has 9 heteroatoms. The zero-order valence-electron chi connectivity index (χ0n) is 20.0. The minimum atomic E-state index is -5.03. The van der Waals surface area contributed by atoms with Gasteiger partial charge in [-0.05, 0) is 48.4 Å². The Morgan fingerprint density at radius 1 is 0.778 bits per heavy atom. The van der Waals surface area contributed by atoms with Gasteiger partial charge in [0.15, 0.2) is 0 Å². The number of hydrogen-bond donors (Lipinski definition) is 1. The molecule has 192 valence electrons. The Labute approximate surface area is 207 Å². The molecular weight excluding hydrogens is 499 g/mol. The number of alkyl halides is 6. The van der Waals surface area contributed by atoms with Gasteiger partial charge in [0, 0.05) is 5.56 Å². The Bertz CT molecular complexity index is 1100. The Morgan fingerprint density at radius 3 is 1.56 bits per heavy atom. The van der Waals surface area contributed by atoms with E-state index in [1.165, 1.54) is 0 Å². The molecule has 0 radical (unpaired) electrons. The molecule has 0 fully saturated rings. The molecule has 0 saturated carbocycles. The Morgan fingerprint density at radius 2 is 1.19 bits per heavy atom. The lowest BCUT2D eigenvalue weighted by molar-refractivity contribution is -0.143. The zero-order chi connectivity index (χ0) is 26.7. The zero-order valence-corrected chi connectivity index (χ0v) is 20.9. The summed E-state index contributed by atoms with van der Waals surface area (Å²) in [5.41, 5.74) is -3.72. The van der Waals surface area contributed by atoms with Crippen molar-refractivity contribution in [3.8, 4) is 0 Å². The maximum Gasteiger partial charge on any atom is 0.416 e. The summed E-state index contributed by atoms with van der Waals surface area (Å²) in [6.07, 6.45) is -9.58. The molecule has 0 aromatic heterocycles. The van der Waals surface area contributed by atoms with E-state index in [9.17, 15) is 31.1 Å². The van der Waals surface area contributed by atoms with Gasteiger partial charge < -0.3 is 5.32 Å². The van der Waals surface area contributed by atoms with Gasteiger partial charge in [-0.3, -0.25) is 4.79 Å². The second-order valence-electron chi connectivity index (χ2n) is 9.16. The van der Waals surface area contributed by atoms with Gasteiger partial charge in [-0.1, -0.05) is 50.2 Å². The van der Waals surface area contributed by atoms with Crippen molar-refractivity contribution in [3.05, 3.63) is 95.6 Å². The molecule has 0 heterocycles. The highest BCUT2D eigenvalue weighted by Crippen LogP contribution is 2.53. The number of hydrogen-bond acceptors (Lipinski definition) is 1. The molecule has 0 spiro atoms. The van der Waals surface area contributed by atoms with Crippen molar-refractivity contribution in [3.63, 3.8) is 0 Å². The van der Waals surface area contributed by atoms with Gasteiger partial charge >= 0.3 is 12.4 Å². The lowest BCUT2D eigenvalue weighted by Gasteiger charge is -2.30. The number of benzene rings is 3. The molecule has 1 amide bonds. The summed E-state index contributed by atoms with van der Waals surface area (Å²) in [5, 5.41) is 4.90. The fourth-order valence-corrected chi connectivity index (χ4v) is 7.71. The molecule has 3 rings (SSSR count). The van der Waals surface area contributed by atoms with E-state index in [0.717, 1.165) is 10.6 Å². The molecule has 0 aliphatic rings. The van der Waals surface area contributed by atoms with Crippen LogP contribution in [0, 0.1) is 5.92 Å². The summed E-state index contributed by atoms with van der Waals surface area (Å²) in [6.45, 7) is 5.84. The fourth-order valence-electron chi connectivity index (χ4n) is 4.03. The smallest absolute Gasteiger partial charge is 0.345 e. The van der Waals surface area contributed by atoms with Crippen molar-refractivity contribution in [2.24, 2.45) is 5.92 Å². The predicted octanol–water partition coefficient (Wildman–Crippen LogP) is 6.78. The molecule has 0 bridgehead atoms. The van der Waals surface area contributed by atoms with Crippen LogP contribution in [0.15, 0.2) is 78.9 Å². The van der Waals surface area contributed by atoms with Crippen LogP contribution in [0.3, 0.4) is 0 Å². The number of carbonyl (C=O) groups excluding carboxylic acids is 1. The van der Waals surface area contributed by atoms with E-state index >= 15 is 0 Å². The number of nitrogens with one attached hydrogen (secondary N) is 1. The number of halogens is 6. The van der Waals surface area contributed by atoms with Crippen molar-refractivity contribution in [1.82, 2.24) is 5.32 Å². The van der Waals surface area contributed by atoms with Crippen molar-refractivity contribution in [1.29, 1.82) is 0 Å². The Hall–Kier alpha value is -2.86. The van der Waals surface area contributed by atoms with Gasteiger partial charge in [-0.15, -0.1) is 0 Å². The van der Waals surface area contributed by atoms with E-state index in [1.54, 1.807) is 0 Å². The van der Waals surface area contributed by atoms with Gasteiger partial charge in [0.1, 0.15) is 0 Å². The first kappa shape index (κ1) is 27.7. The molecular formula is C27H27F6NOP+. The number of amides is 1. The first-order valence-electron chi connectivity index (χ1n) is 11.3. The quantitative estimate of drug-likeness (QED) is 0.267. The van der Waals surface area contributed by atoms with Crippen LogP contribution in [0.25, 0.3) is 0 Å². The van der Waals surface area contributed by atoms with Crippen LogP contribution < -0.4 is 15.9 Å². The highest BCUT2D eigenvalue weighted by Gasteiger charge is 2.42. The molecule has 3 aromatic rings. The third-order valence-corrected chi connectivity index (χ3v) is 10.2. The van der Waals surface area contributed by atoms with Gasteiger partial charge in [-0.25, -0.2) is 0 Å². The fraction of sp³-hybridized carbons (Fsp3) is 0.296. The minimum Gasteiger partial charge on any atom is -0.345 e. The third-order valence-electron chi connectivity index (χ3n) is 6.19. The van der Waals surface area contributed by atoms with Crippen LogP contribution in [-0.2, 0) is 12.4 Å². The average Bonchev–Trinajstić information content (AvgIpc) is 2.83. The first-order valence-corrected chi connectivity index (χ1v) is 13.7. The van der Waals surface area contributed by atoms with Crippen LogP contribution in [0.2, 0.25) is 0 Å². The monoisotopic (exact) mass is 526 g/mol. The molecule has 0 unspecified atom stereocenters. The third kappa shape index (κ3) is 6.47. The first-order chi connectivity index (χ1) is 16.7. The molecule has 0 aliphatic heterocycles. The van der Waals surface area contributed by atoms with E-state index in [2.05, 4.69) is 12.0 Å². The SMILES string of the molecule is CC(C)[C@@H](C[P+](C)(c1ccccc1)c1ccccc1)NC(=O)c1cc(C(F)(F)F)cc(C(F)(F)F)c1. The van der Waals surface area contributed by atoms with Crippen LogP contribution in [-0.4, -0.2) is 24.8 Å². The van der Waals surface area contributed by atoms with Crippen molar-refractivity contribution in [2.75, 3.05) is 12.8 Å². The molecule has 36 heavy (non-hydrogen) atoms. The topological polar surface area (TPSA) is 29.1 Å². The summed E-state index contributed by atoms with van der Waals surface area (Å²) in [4.78, 5) is 13.0. The summed E-state index contributed by atoms with van der Waals surface area (Å²) in [5.74, 6) is -1.11. The Kier molecular flexibility index (Phi) is 8.19. The highest BCUT2D eigenvalue weighted by molar-refractivity contribution is 7.89. The number of rotatable bonds is 7. The van der Waals surface area contributed by atoms with Gasteiger partial charge in [-0.2, -0.15) is 26.3 Å². The van der Waals surface area contributed by atoms with E-state index in [1.807, 2.05) is 74.5 Å². The minimum absolute atomic E-state index is 0.0180. The molecule has 1 atom stereocenters. The summed E-state index contributed by atoms with van der Waals surface area (Å²) in [6, 6.07) is 19.9. The molecule has 2 nitrogen and oxygen atoms in total. The van der Waals surface area contributed by atoms with E-state index < -0.39 is 48.3 Å². The van der Waals surface area contributed by atoms with Gasteiger partial charge in [0.25, 0.3) is 5.91 Å². The van der Waals surface area contributed by atoms with Crippen LogP contribution in [0.1, 0.15) is 35.3 Å². The molecule has 0 saturated heterocycles. The van der Waals surface area contributed by atoms with Crippen molar-refractivity contribution >= 4 is 23.8 Å². The van der Waals surface area contributed by atoms with Gasteiger partial charge in [0.2, 0.25) is 0 Å². The Balaban J connectivity index is 1.99. The second kappa shape index (κ2) is 10.6. The van der Waals surface area contributed by atoms with Crippen LogP contribution in [0.4, 0.5) is 26.3 Å². The van der Waals surface area contributed by atoms with Crippen molar-refractivity contribution < 1.29 is 31.1 Å². The summed E-state index contributed by atoms with van der Waals surface area (Å²) >= 11 is 0. The van der Waals surface area contributed by atoms with E-state index in [4.69, 9.17) is 0 Å². The number of carbonyl (C=O) groups is 1. The molecule has 0 aliphatic carbocycles. The van der Waals surface area contributed by atoms with Crippen molar-refractivity contribution in [2.45, 2.75) is 32.2 Å². The predicted molar refractivity (Wildman–Crippen MR) is 132 cm³/mol. The molecule has 1 N–H and O–H groups in total. The highest BCUT2D eigenvalue weighted by atomic mass is 31.2. The lowest BCUT2D eigenvalue weighted by Crippen LogP contribution is -2.44. The lowest BCUT2D eigenvalue weighted by atomic mass is 10.0. The largest absolute Gasteiger partial charge is 0.416 e. The van der Waals surface area contributed by atoms with E-state index in [-0.39, 0.29) is 12.0 Å². The molecule has 3 aromatic carbocycles. The van der Waals surface area contributed by atoms with Crippen LogP contribution >= 0.6 is 7.26 Å². The maximum atomic E-state index is 13.3. The summed E-state index contributed by atoms with van der Waals surface area (Å²) in [7, 11) is -2.08. The standard InChI is InChI=1S/C27H26F6NOP/c1-18(2)24(17-36(3,22-10-6-4-7-11-22)23-12-8-5-9-13-23)34-25(35)19-14-20(26(28,29)30)16-21(15-19)27(31,32)33/h4-16,18,24H,17H2,1-3H3/p+1/t24-/m1/s1. The second-order valence-corrected chi connectivity index (χ2v) is 12.9. The normalized spacial score (nSPS) is 13.5. The maximum absolute atomic E-state index is 13.3. The van der Waals surface area contributed by atoms with Gasteiger partial charge in [0.05, 0.1) is 47.9 Å². The summed E-state index contributed by atoms with van der Waals surface area (Å²) < 4.78 is 79.8. The van der Waals surface area contributed by atoms with E-state index in [0.29, 0.717) is 18.3 Å². The average molecular weight is 526 g/mol.